The Balaban J connectivity index is 1.95. The summed E-state index contributed by atoms with van der Waals surface area (Å²) in [6.45, 7) is 5.56. The number of hydrogen-bond acceptors (Lipinski definition) is 2. The van der Waals surface area contributed by atoms with Gasteiger partial charge in [0, 0.05) is 24.7 Å². The first-order valence-electron chi connectivity index (χ1n) is 8.32. The van der Waals surface area contributed by atoms with Crippen LogP contribution < -0.4 is 0 Å². The Kier molecular flexibility index (Phi) is 4.90. The van der Waals surface area contributed by atoms with E-state index in [1.54, 1.807) is 6.20 Å². The smallest absolute Gasteiger partial charge is 0.273 e. The van der Waals surface area contributed by atoms with Gasteiger partial charge in [0.2, 0.25) is 0 Å². The van der Waals surface area contributed by atoms with Crippen LogP contribution in [-0.4, -0.2) is 22.3 Å². The number of aromatic nitrogens is 1. The normalized spacial score (nSPS) is 11.0. The third-order valence-electron chi connectivity index (χ3n) is 3.97. The summed E-state index contributed by atoms with van der Waals surface area (Å²) in [5.41, 5.74) is 1.66. The van der Waals surface area contributed by atoms with Gasteiger partial charge in [-0.3, -0.25) is 9.78 Å². The first-order chi connectivity index (χ1) is 11.6. The van der Waals surface area contributed by atoms with Crippen molar-refractivity contribution < 1.29 is 4.79 Å². The lowest BCUT2D eigenvalue weighted by Crippen LogP contribution is -2.34. The summed E-state index contributed by atoms with van der Waals surface area (Å²) in [7, 11) is 0. The molecule has 3 nitrogen and oxygen atoms in total. The predicted molar refractivity (Wildman–Crippen MR) is 97.8 cm³/mol. The second-order valence-electron chi connectivity index (χ2n) is 6.45. The van der Waals surface area contributed by atoms with Gasteiger partial charge in [-0.1, -0.05) is 68.4 Å². The van der Waals surface area contributed by atoms with E-state index in [4.69, 9.17) is 0 Å². The molecule has 0 spiro atoms. The van der Waals surface area contributed by atoms with E-state index in [9.17, 15) is 4.79 Å². The zero-order chi connectivity index (χ0) is 16.9. The molecule has 0 bridgehead atoms. The van der Waals surface area contributed by atoms with E-state index in [1.807, 2.05) is 53.4 Å². The molecule has 0 aliphatic rings. The van der Waals surface area contributed by atoms with Crippen LogP contribution in [-0.2, 0) is 6.54 Å². The molecule has 0 aliphatic carbocycles. The molecule has 3 aromatic rings. The fourth-order valence-electron chi connectivity index (χ4n) is 2.90. The molecular formula is C21H22N2O. The molecule has 2 aromatic carbocycles. The monoisotopic (exact) mass is 318 g/mol. The van der Waals surface area contributed by atoms with E-state index in [2.05, 4.69) is 31.0 Å². The highest BCUT2D eigenvalue weighted by molar-refractivity contribution is 6.05. The average Bonchev–Trinajstić information content (AvgIpc) is 2.60. The summed E-state index contributed by atoms with van der Waals surface area (Å²) in [6.07, 6.45) is 1.71. The topological polar surface area (TPSA) is 33.2 Å². The van der Waals surface area contributed by atoms with Crippen LogP contribution in [0.3, 0.4) is 0 Å². The van der Waals surface area contributed by atoms with Crippen molar-refractivity contribution in [2.75, 3.05) is 6.54 Å². The van der Waals surface area contributed by atoms with Crippen LogP contribution in [0.15, 0.2) is 66.9 Å². The van der Waals surface area contributed by atoms with E-state index in [-0.39, 0.29) is 5.91 Å². The minimum atomic E-state index is -0.00986. The predicted octanol–water partition coefficient (Wildman–Crippen LogP) is 4.53. The third-order valence-corrected chi connectivity index (χ3v) is 3.97. The van der Waals surface area contributed by atoms with Crippen LogP contribution in [0, 0.1) is 5.92 Å². The molecule has 24 heavy (non-hydrogen) atoms. The average molecular weight is 318 g/mol. The number of amides is 1. The largest absolute Gasteiger partial charge is 0.333 e. The van der Waals surface area contributed by atoms with Gasteiger partial charge in [0.15, 0.2) is 0 Å². The number of fused-ring (bicyclic) bond motifs is 1. The lowest BCUT2D eigenvalue weighted by atomic mass is 10.1. The van der Waals surface area contributed by atoms with Crippen LogP contribution in [0.1, 0.15) is 29.9 Å². The van der Waals surface area contributed by atoms with Crippen molar-refractivity contribution in [3.05, 3.63) is 78.1 Å². The Morgan fingerprint density at radius 1 is 1.00 bits per heavy atom. The molecule has 0 atom stereocenters. The minimum Gasteiger partial charge on any atom is -0.333 e. The number of pyridine rings is 1. The van der Waals surface area contributed by atoms with Crippen LogP contribution in [0.5, 0.6) is 0 Å². The van der Waals surface area contributed by atoms with Gasteiger partial charge < -0.3 is 4.90 Å². The van der Waals surface area contributed by atoms with Gasteiger partial charge in [0.25, 0.3) is 5.91 Å². The second-order valence-corrected chi connectivity index (χ2v) is 6.45. The molecule has 0 saturated heterocycles. The molecule has 0 aliphatic heterocycles. The van der Waals surface area contributed by atoms with Crippen molar-refractivity contribution in [3.8, 4) is 0 Å². The van der Waals surface area contributed by atoms with E-state index in [0.717, 1.165) is 16.3 Å². The first-order valence-corrected chi connectivity index (χ1v) is 8.32. The van der Waals surface area contributed by atoms with Gasteiger partial charge in [-0.2, -0.15) is 0 Å². The fraction of sp³-hybridized carbons (Fsp3) is 0.238. The van der Waals surface area contributed by atoms with Crippen molar-refractivity contribution in [1.82, 2.24) is 9.88 Å². The summed E-state index contributed by atoms with van der Waals surface area (Å²) < 4.78 is 0. The lowest BCUT2D eigenvalue weighted by Gasteiger charge is -2.25. The van der Waals surface area contributed by atoms with E-state index in [1.165, 1.54) is 0 Å². The van der Waals surface area contributed by atoms with Crippen molar-refractivity contribution >= 4 is 16.7 Å². The quantitative estimate of drug-likeness (QED) is 0.692. The molecule has 1 heterocycles. The summed E-state index contributed by atoms with van der Waals surface area (Å²) >= 11 is 0. The van der Waals surface area contributed by atoms with Crippen molar-refractivity contribution in [1.29, 1.82) is 0 Å². The molecule has 0 fully saturated rings. The van der Waals surface area contributed by atoms with Crippen LogP contribution >= 0.6 is 0 Å². The Bertz CT molecular complexity index is 822. The van der Waals surface area contributed by atoms with Crippen molar-refractivity contribution in [3.63, 3.8) is 0 Å². The summed E-state index contributed by atoms with van der Waals surface area (Å²) in [6, 6.07) is 19.9. The Morgan fingerprint density at radius 2 is 1.71 bits per heavy atom. The van der Waals surface area contributed by atoms with Gasteiger partial charge in [0.05, 0.1) is 0 Å². The lowest BCUT2D eigenvalue weighted by molar-refractivity contribution is 0.0719. The number of carbonyl (C=O) groups is 1. The van der Waals surface area contributed by atoms with Gasteiger partial charge >= 0.3 is 0 Å². The molecule has 1 aromatic heterocycles. The third kappa shape index (κ3) is 3.62. The van der Waals surface area contributed by atoms with E-state index in [0.29, 0.717) is 24.7 Å². The molecule has 3 heteroatoms. The van der Waals surface area contributed by atoms with E-state index >= 15 is 0 Å². The molecule has 1 amide bonds. The molecule has 0 radical (unpaired) electrons. The maximum absolute atomic E-state index is 13.2. The molecule has 0 saturated carbocycles. The Morgan fingerprint density at radius 3 is 2.46 bits per heavy atom. The zero-order valence-electron chi connectivity index (χ0n) is 14.1. The molecular weight excluding hydrogens is 296 g/mol. The minimum absolute atomic E-state index is 0.00986. The number of benzene rings is 2. The standard InChI is InChI=1S/C21H22N2O/c1-16(2)14-23(15-17-8-4-3-5-9-17)21(24)20-19-11-7-6-10-18(19)12-13-22-20/h3-13,16H,14-15H2,1-2H3. The molecule has 0 N–H and O–H groups in total. The number of rotatable bonds is 5. The van der Waals surface area contributed by atoms with Gasteiger partial charge in [0.1, 0.15) is 5.69 Å². The second kappa shape index (κ2) is 7.26. The molecule has 3 rings (SSSR count). The number of carbonyl (C=O) groups excluding carboxylic acids is 1. The summed E-state index contributed by atoms with van der Waals surface area (Å²) in [5, 5.41) is 1.95. The Labute approximate surface area is 143 Å². The highest BCUT2D eigenvalue weighted by Gasteiger charge is 2.20. The summed E-state index contributed by atoms with van der Waals surface area (Å²) in [4.78, 5) is 19.4. The fourth-order valence-corrected chi connectivity index (χ4v) is 2.90. The van der Waals surface area contributed by atoms with E-state index < -0.39 is 0 Å². The summed E-state index contributed by atoms with van der Waals surface area (Å²) in [5.74, 6) is 0.386. The highest BCUT2D eigenvalue weighted by Crippen LogP contribution is 2.19. The van der Waals surface area contributed by atoms with Crippen LogP contribution in [0.25, 0.3) is 10.8 Å². The van der Waals surface area contributed by atoms with Crippen molar-refractivity contribution in [2.24, 2.45) is 5.92 Å². The van der Waals surface area contributed by atoms with Gasteiger partial charge in [-0.05, 0) is 22.9 Å². The maximum Gasteiger partial charge on any atom is 0.273 e. The SMILES string of the molecule is CC(C)CN(Cc1ccccc1)C(=O)c1nccc2ccccc12. The Hall–Kier alpha value is -2.68. The van der Waals surface area contributed by atoms with Crippen LogP contribution in [0.4, 0.5) is 0 Å². The van der Waals surface area contributed by atoms with Crippen LogP contribution in [0.2, 0.25) is 0 Å². The molecule has 0 unspecified atom stereocenters. The number of nitrogens with zero attached hydrogens (tertiary/aromatic N) is 2. The first kappa shape index (κ1) is 16.2. The van der Waals surface area contributed by atoms with Crippen molar-refractivity contribution in [2.45, 2.75) is 20.4 Å². The maximum atomic E-state index is 13.2. The van der Waals surface area contributed by atoms with Gasteiger partial charge in [-0.15, -0.1) is 0 Å². The molecule has 122 valence electrons. The zero-order valence-corrected chi connectivity index (χ0v) is 14.1. The highest BCUT2D eigenvalue weighted by atomic mass is 16.2. The van der Waals surface area contributed by atoms with Gasteiger partial charge in [-0.25, -0.2) is 0 Å². The number of hydrogen-bond donors (Lipinski definition) is 0.